The lowest BCUT2D eigenvalue weighted by molar-refractivity contribution is -0.148. The van der Waals surface area contributed by atoms with Crippen molar-refractivity contribution >= 4 is 5.97 Å². The normalized spacial score (nSPS) is 24.3. The van der Waals surface area contributed by atoms with Crippen LogP contribution in [0.25, 0.3) is 0 Å². The maximum atomic E-state index is 11.4. The summed E-state index contributed by atoms with van der Waals surface area (Å²) in [5.41, 5.74) is 1.67. The minimum absolute atomic E-state index is 0.553. The van der Waals surface area contributed by atoms with Gasteiger partial charge in [-0.2, -0.15) is 0 Å². The van der Waals surface area contributed by atoms with Gasteiger partial charge in [0.2, 0.25) is 0 Å². The molecule has 1 N–H and O–H groups in total. The first kappa shape index (κ1) is 13.0. The molecule has 98 valence electrons. The van der Waals surface area contributed by atoms with E-state index in [2.05, 4.69) is 9.88 Å². The van der Waals surface area contributed by atoms with Crippen LogP contribution in [0.2, 0.25) is 0 Å². The molecule has 1 saturated heterocycles. The maximum Gasteiger partial charge on any atom is 0.310 e. The van der Waals surface area contributed by atoms with Crippen LogP contribution in [0.5, 0.6) is 0 Å². The van der Waals surface area contributed by atoms with Crippen molar-refractivity contribution in [3.05, 3.63) is 29.6 Å². The minimum atomic E-state index is -0.662. The van der Waals surface area contributed by atoms with Gasteiger partial charge in [0.1, 0.15) is 0 Å². The van der Waals surface area contributed by atoms with Crippen molar-refractivity contribution in [1.82, 2.24) is 9.88 Å². The summed E-state index contributed by atoms with van der Waals surface area (Å²) in [4.78, 5) is 17.9. The van der Waals surface area contributed by atoms with Gasteiger partial charge in [-0.05, 0) is 37.9 Å². The zero-order chi connectivity index (χ0) is 13.2. The third kappa shape index (κ3) is 2.38. The van der Waals surface area contributed by atoms with Gasteiger partial charge in [0.05, 0.1) is 11.1 Å². The molecular weight excluding hydrogens is 228 g/mol. The number of hydrogen-bond donors (Lipinski definition) is 1. The molecular formula is C14H20N2O2. The lowest BCUT2D eigenvalue weighted by Crippen LogP contribution is -2.34. The molecule has 0 aliphatic carbocycles. The molecule has 2 heterocycles. The van der Waals surface area contributed by atoms with Crippen LogP contribution in [0.15, 0.2) is 18.3 Å². The van der Waals surface area contributed by atoms with E-state index in [1.807, 2.05) is 26.0 Å². The van der Waals surface area contributed by atoms with Crippen LogP contribution in [-0.4, -0.2) is 34.0 Å². The first-order chi connectivity index (χ1) is 8.57. The highest BCUT2D eigenvalue weighted by molar-refractivity contribution is 5.75. The predicted molar refractivity (Wildman–Crippen MR) is 69.2 cm³/mol. The van der Waals surface area contributed by atoms with Crippen LogP contribution in [0.4, 0.5) is 0 Å². The average molecular weight is 248 g/mol. The van der Waals surface area contributed by atoms with Crippen molar-refractivity contribution in [3.8, 4) is 0 Å². The fourth-order valence-electron chi connectivity index (χ4n) is 2.60. The molecule has 0 saturated carbocycles. The summed E-state index contributed by atoms with van der Waals surface area (Å²) in [7, 11) is 0. The van der Waals surface area contributed by atoms with E-state index < -0.39 is 11.4 Å². The summed E-state index contributed by atoms with van der Waals surface area (Å²) < 4.78 is 0. The zero-order valence-corrected chi connectivity index (χ0v) is 11.0. The summed E-state index contributed by atoms with van der Waals surface area (Å²) in [6.45, 7) is 6.24. The maximum absolute atomic E-state index is 11.4. The Hall–Kier alpha value is -1.42. The van der Waals surface area contributed by atoms with Crippen molar-refractivity contribution in [2.75, 3.05) is 13.1 Å². The number of aliphatic carboxylic acids is 1. The largest absolute Gasteiger partial charge is 0.481 e. The molecule has 0 amide bonds. The van der Waals surface area contributed by atoms with E-state index >= 15 is 0 Å². The van der Waals surface area contributed by atoms with Crippen LogP contribution in [-0.2, 0) is 11.3 Å². The van der Waals surface area contributed by atoms with Gasteiger partial charge in [-0.15, -0.1) is 0 Å². The molecule has 1 fully saturated rings. The highest BCUT2D eigenvalue weighted by atomic mass is 16.4. The molecule has 1 aromatic heterocycles. The van der Waals surface area contributed by atoms with E-state index in [0.717, 1.165) is 25.2 Å². The predicted octanol–water partition coefficient (Wildman–Crippen LogP) is 2.08. The molecule has 0 radical (unpaired) electrons. The second kappa shape index (κ2) is 5.06. The smallest absolute Gasteiger partial charge is 0.310 e. The number of nitrogens with zero attached hydrogens (tertiary/aromatic N) is 2. The Labute approximate surface area is 108 Å². The highest BCUT2D eigenvalue weighted by Gasteiger charge is 2.43. The minimum Gasteiger partial charge on any atom is -0.481 e. The molecule has 4 nitrogen and oxygen atoms in total. The summed E-state index contributed by atoms with van der Waals surface area (Å²) in [5, 5.41) is 9.36. The molecule has 2 rings (SSSR count). The fraction of sp³-hybridized carbons (Fsp3) is 0.571. The van der Waals surface area contributed by atoms with Crippen LogP contribution in [0.3, 0.4) is 0 Å². The van der Waals surface area contributed by atoms with Crippen molar-refractivity contribution in [2.24, 2.45) is 5.41 Å². The van der Waals surface area contributed by atoms with Crippen molar-refractivity contribution in [2.45, 2.75) is 33.2 Å². The van der Waals surface area contributed by atoms with E-state index in [-0.39, 0.29) is 0 Å². The lowest BCUT2D eigenvalue weighted by Gasteiger charge is -2.23. The number of aromatic nitrogens is 1. The monoisotopic (exact) mass is 248 g/mol. The third-order valence-electron chi connectivity index (χ3n) is 4.05. The number of carboxylic acids is 1. The van der Waals surface area contributed by atoms with E-state index in [4.69, 9.17) is 0 Å². The van der Waals surface area contributed by atoms with E-state index in [1.54, 1.807) is 6.20 Å². The SMILES string of the molecule is CCC1(C(=O)O)CCN(Cc2ncccc2C)C1. The van der Waals surface area contributed by atoms with E-state index in [9.17, 15) is 9.90 Å². The average Bonchev–Trinajstić information content (AvgIpc) is 2.77. The van der Waals surface area contributed by atoms with Gasteiger partial charge in [0.15, 0.2) is 0 Å². The number of carbonyl (C=O) groups is 1. The summed E-state index contributed by atoms with van der Waals surface area (Å²) in [6.07, 6.45) is 3.23. The highest BCUT2D eigenvalue weighted by Crippen LogP contribution is 2.34. The van der Waals surface area contributed by atoms with Crippen molar-refractivity contribution in [3.63, 3.8) is 0 Å². The molecule has 4 heteroatoms. The van der Waals surface area contributed by atoms with Gasteiger partial charge >= 0.3 is 5.97 Å². The molecule has 1 aromatic rings. The molecule has 18 heavy (non-hydrogen) atoms. The number of pyridine rings is 1. The Kier molecular flexibility index (Phi) is 3.66. The number of hydrogen-bond acceptors (Lipinski definition) is 3. The summed E-state index contributed by atoms with van der Waals surface area (Å²) in [5.74, 6) is -0.662. The van der Waals surface area contributed by atoms with Gasteiger partial charge in [0.25, 0.3) is 0 Å². The standard InChI is InChI=1S/C14H20N2O2/c1-3-14(13(17)18)6-8-16(10-14)9-12-11(2)5-4-7-15-12/h4-5,7H,3,6,8-10H2,1-2H3,(H,17,18). The second-order valence-corrected chi connectivity index (χ2v) is 5.17. The Balaban J connectivity index is 2.06. The molecule has 1 aliphatic rings. The lowest BCUT2D eigenvalue weighted by atomic mass is 9.84. The first-order valence-corrected chi connectivity index (χ1v) is 6.43. The second-order valence-electron chi connectivity index (χ2n) is 5.17. The van der Waals surface area contributed by atoms with Crippen LogP contribution >= 0.6 is 0 Å². The van der Waals surface area contributed by atoms with E-state index in [0.29, 0.717) is 13.0 Å². The zero-order valence-electron chi connectivity index (χ0n) is 11.0. The molecule has 0 aromatic carbocycles. The van der Waals surface area contributed by atoms with Gasteiger partial charge in [0, 0.05) is 19.3 Å². The molecule has 1 atom stereocenters. The van der Waals surface area contributed by atoms with Crippen molar-refractivity contribution < 1.29 is 9.90 Å². The van der Waals surface area contributed by atoms with Crippen LogP contribution in [0, 0.1) is 12.3 Å². The first-order valence-electron chi connectivity index (χ1n) is 6.43. The summed E-state index contributed by atoms with van der Waals surface area (Å²) >= 11 is 0. The van der Waals surface area contributed by atoms with Crippen LogP contribution in [0.1, 0.15) is 31.0 Å². The van der Waals surface area contributed by atoms with Crippen molar-refractivity contribution in [1.29, 1.82) is 0 Å². The Morgan fingerprint density at radius 3 is 2.94 bits per heavy atom. The topological polar surface area (TPSA) is 53.4 Å². The number of aryl methyl sites for hydroxylation is 1. The number of rotatable bonds is 4. The molecule has 1 unspecified atom stereocenters. The van der Waals surface area contributed by atoms with Gasteiger partial charge < -0.3 is 5.11 Å². The van der Waals surface area contributed by atoms with E-state index in [1.165, 1.54) is 5.56 Å². The van der Waals surface area contributed by atoms with Gasteiger partial charge in [-0.1, -0.05) is 13.0 Å². The Bertz CT molecular complexity index is 447. The fourth-order valence-corrected chi connectivity index (χ4v) is 2.60. The molecule has 0 spiro atoms. The van der Waals surface area contributed by atoms with Gasteiger partial charge in [-0.25, -0.2) is 0 Å². The Morgan fingerprint density at radius 1 is 1.61 bits per heavy atom. The van der Waals surface area contributed by atoms with Crippen LogP contribution < -0.4 is 0 Å². The Morgan fingerprint density at radius 2 is 2.39 bits per heavy atom. The number of likely N-dealkylation sites (tertiary alicyclic amines) is 1. The quantitative estimate of drug-likeness (QED) is 0.886. The summed E-state index contributed by atoms with van der Waals surface area (Å²) in [6, 6.07) is 3.97. The molecule has 0 bridgehead atoms. The third-order valence-corrected chi connectivity index (χ3v) is 4.05. The molecule has 1 aliphatic heterocycles. The van der Waals surface area contributed by atoms with Gasteiger partial charge in [-0.3, -0.25) is 14.7 Å². The number of carboxylic acid groups (broad SMARTS) is 1.